The molecule has 0 radical (unpaired) electrons. The summed E-state index contributed by atoms with van der Waals surface area (Å²) in [4.78, 5) is 14.5. The van der Waals surface area contributed by atoms with Crippen molar-refractivity contribution in [3.63, 3.8) is 0 Å². The zero-order chi connectivity index (χ0) is 15.9. The van der Waals surface area contributed by atoms with Crippen molar-refractivity contribution < 1.29 is 9.53 Å². The van der Waals surface area contributed by atoms with Gasteiger partial charge in [0.25, 0.3) is 0 Å². The lowest BCUT2D eigenvalue weighted by Crippen LogP contribution is -2.35. The Morgan fingerprint density at radius 2 is 1.96 bits per heavy atom. The maximum Gasteiger partial charge on any atom is 0.241 e. The molecule has 0 aliphatic carbocycles. The summed E-state index contributed by atoms with van der Waals surface area (Å²) in [6.07, 6.45) is 5.97. The molecular weight excluding hydrogens is 290 g/mol. The van der Waals surface area contributed by atoms with Crippen LogP contribution in [0.3, 0.4) is 0 Å². The zero-order valence-electron chi connectivity index (χ0n) is 13.7. The highest BCUT2D eigenvalue weighted by Crippen LogP contribution is 2.17. The van der Waals surface area contributed by atoms with Gasteiger partial charge < -0.3 is 15.4 Å². The molecule has 2 saturated heterocycles. The number of hydrogen-bond donors (Lipinski definition) is 2. The van der Waals surface area contributed by atoms with E-state index in [4.69, 9.17) is 4.74 Å². The number of carbonyl (C=O) groups excluding carboxylic acids is 1. The van der Waals surface area contributed by atoms with E-state index < -0.39 is 0 Å². The minimum atomic E-state index is -0.0459. The topological polar surface area (TPSA) is 53.6 Å². The van der Waals surface area contributed by atoms with E-state index >= 15 is 0 Å². The number of piperidine rings is 1. The van der Waals surface area contributed by atoms with Gasteiger partial charge in [0.05, 0.1) is 6.04 Å². The normalized spacial score (nSPS) is 22.0. The van der Waals surface area contributed by atoms with Gasteiger partial charge in [0.15, 0.2) is 0 Å². The van der Waals surface area contributed by atoms with E-state index in [1.165, 1.54) is 32.4 Å². The number of nitrogens with one attached hydrogen (secondary N) is 2. The molecule has 0 spiro atoms. The molecule has 1 amide bonds. The molecule has 2 aliphatic heterocycles. The van der Waals surface area contributed by atoms with Gasteiger partial charge in [-0.2, -0.15) is 0 Å². The Morgan fingerprint density at radius 3 is 2.65 bits per heavy atom. The molecule has 2 fully saturated rings. The fourth-order valence-electron chi connectivity index (χ4n) is 3.25. The van der Waals surface area contributed by atoms with Crippen molar-refractivity contribution in [2.45, 2.75) is 38.1 Å². The summed E-state index contributed by atoms with van der Waals surface area (Å²) in [5, 5.41) is 6.16. The van der Waals surface area contributed by atoms with Gasteiger partial charge in [-0.15, -0.1) is 0 Å². The second-order valence-electron chi connectivity index (χ2n) is 6.41. The number of benzene rings is 1. The van der Waals surface area contributed by atoms with Crippen LogP contribution in [0.25, 0.3) is 0 Å². The van der Waals surface area contributed by atoms with Crippen LogP contribution in [-0.4, -0.2) is 49.6 Å². The molecule has 0 bridgehead atoms. The molecule has 23 heavy (non-hydrogen) atoms. The molecule has 1 aromatic rings. The predicted octanol–water partition coefficient (Wildman–Crippen LogP) is 2.24. The molecule has 0 saturated carbocycles. The summed E-state index contributed by atoms with van der Waals surface area (Å²) >= 11 is 0. The molecule has 2 N–H and O–H groups in total. The number of carbonyl (C=O) groups is 1. The van der Waals surface area contributed by atoms with Crippen LogP contribution < -0.4 is 15.4 Å². The third-order valence-corrected chi connectivity index (χ3v) is 4.62. The Kier molecular flexibility index (Phi) is 5.88. The van der Waals surface area contributed by atoms with E-state index in [2.05, 4.69) is 15.5 Å². The Hall–Kier alpha value is -1.59. The van der Waals surface area contributed by atoms with Crippen molar-refractivity contribution in [3.05, 3.63) is 24.3 Å². The minimum absolute atomic E-state index is 0.0459. The molecular formula is C18H27N3O2. The van der Waals surface area contributed by atoms with Crippen molar-refractivity contribution in [2.24, 2.45) is 0 Å². The minimum Gasteiger partial charge on any atom is -0.492 e. The van der Waals surface area contributed by atoms with E-state index in [0.29, 0.717) is 0 Å². The molecule has 2 heterocycles. The fourth-order valence-corrected chi connectivity index (χ4v) is 3.25. The maximum absolute atomic E-state index is 12.0. The van der Waals surface area contributed by atoms with Crippen molar-refractivity contribution in [3.8, 4) is 5.75 Å². The number of amides is 1. The Balaban J connectivity index is 1.40. The van der Waals surface area contributed by atoms with Crippen LogP contribution in [0.15, 0.2) is 24.3 Å². The summed E-state index contributed by atoms with van der Waals surface area (Å²) in [7, 11) is 0. The molecule has 0 aromatic heterocycles. The third kappa shape index (κ3) is 4.94. The summed E-state index contributed by atoms with van der Waals surface area (Å²) in [6, 6.07) is 7.61. The average molecular weight is 317 g/mol. The van der Waals surface area contributed by atoms with Crippen LogP contribution in [0.5, 0.6) is 5.75 Å². The van der Waals surface area contributed by atoms with Crippen LogP contribution in [0.4, 0.5) is 5.69 Å². The number of likely N-dealkylation sites (tertiary alicyclic amines) is 1. The van der Waals surface area contributed by atoms with Gasteiger partial charge in [0.2, 0.25) is 5.91 Å². The van der Waals surface area contributed by atoms with Crippen LogP contribution in [0.2, 0.25) is 0 Å². The van der Waals surface area contributed by atoms with Crippen molar-refractivity contribution in [1.29, 1.82) is 0 Å². The van der Waals surface area contributed by atoms with E-state index in [9.17, 15) is 4.79 Å². The first-order chi connectivity index (χ1) is 11.3. The van der Waals surface area contributed by atoms with Gasteiger partial charge in [0.1, 0.15) is 12.4 Å². The van der Waals surface area contributed by atoms with Crippen molar-refractivity contribution >= 4 is 11.6 Å². The second-order valence-corrected chi connectivity index (χ2v) is 6.41. The number of hydrogen-bond acceptors (Lipinski definition) is 4. The van der Waals surface area contributed by atoms with E-state index in [0.717, 1.165) is 44.0 Å². The SMILES string of the molecule is O=C(Nc1ccc(OCCN2CCCCC2)cc1)C1CCCN1. The third-order valence-electron chi connectivity index (χ3n) is 4.62. The Morgan fingerprint density at radius 1 is 1.17 bits per heavy atom. The Bertz CT molecular complexity index is 491. The highest BCUT2D eigenvalue weighted by Gasteiger charge is 2.21. The molecule has 5 heteroatoms. The smallest absolute Gasteiger partial charge is 0.241 e. The lowest BCUT2D eigenvalue weighted by molar-refractivity contribution is -0.117. The largest absolute Gasteiger partial charge is 0.492 e. The van der Waals surface area contributed by atoms with Gasteiger partial charge >= 0.3 is 0 Å². The standard InChI is InChI=1S/C18H27N3O2/c22-18(17-5-4-10-19-17)20-15-6-8-16(9-7-15)23-14-13-21-11-2-1-3-12-21/h6-9,17,19H,1-5,10-14H2,(H,20,22). The molecule has 2 aliphatic rings. The van der Waals surface area contributed by atoms with Crippen LogP contribution >= 0.6 is 0 Å². The highest BCUT2D eigenvalue weighted by atomic mass is 16.5. The predicted molar refractivity (Wildman–Crippen MR) is 91.9 cm³/mol. The lowest BCUT2D eigenvalue weighted by atomic mass is 10.1. The monoisotopic (exact) mass is 317 g/mol. The quantitative estimate of drug-likeness (QED) is 0.845. The van der Waals surface area contributed by atoms with Crippen molar-refractivity contribution in [1.82, 2.24) is 10.2 Å². The summed E-state index contributed by atoms with van der Waals surface area (Å²) in [6.45, 7) is 5.04. The average Bonchev–Trinajstić information content (AvgIpc) is 3.12. The van der Waals surface area contributed by atoms with Gasteiger partial charge in [-0.3, -0.25) is 9.69 Å². The lowest BCUT2D eigenvalue weighted by Gasteiger charge is -2.26. The van der Waals surface area contributed by atoms with E-state index in [1.807, 2.05) is 24.3 Å². The van der Waals surface area contributed by atoms with Crippen LogP contribution in [-0.2, 0) is 4.79 Å². The molecule has 126 valence electrons. The maximum atomic E-state index is 12.0. The van der Waals surface area contributed by atoms with Crippen LogP contribution in [0, 0.1) is 0 Å². The Labute approximate surface area is 138 Å². The van der Waals surface area contributed by atoms with Crippen molar-refractivity contribution in [2.75, 3.05) is 38.1 Å². The number of ether oxygens (including phenoxy) is 1. The number of rotatable bonds is 6. The molecule has 5 nitrogen and oxygen atoms in total. The summed E-state index contributed by atoms with van der Waals surface area (Å²) in [5.41, 5.74) is 0.826. The fraction of sp³-hybridized carbons (Fsp3) is 0.611. The van der Waals surface area contributed by atoms with Gasteiger partial charge in [-0.05, 0) is 69.6 Å². The first kappa shape index (κ1) is 16.3. The molecule has 1 atom stereocenters. The highest BCUT2D eigenvalue weighted by molar-refractivity contribution is 5.95. The summed E-state index contributed by atoms with van der Waals surface area (Å²) in [5.74, 6) is 0.917. The van der Waals surface area contributed by atoms with Gasteiger partial charge in [-0.1, -0.05) is 6.42 Å². The number of nitrogens with zero attached hydrogens (tertiary/aromatic N) is 1. The van der Waals surface area contributed by atoms with Gasteiger partial charge in [0, 0.05) is 12.2 Å². The first-order valence-corrected chi connectivity index (χ1v) is 8.81. The zero-order valence-corrected chi connectivity index (χ0v) is 13.7. The molecule has 1 aromatic carbocycles. The number of anilines is 1. The van der Waals surface area contributed by atoms with Crippen LogP contribution in [0.1, 0.15) is 32.1 Å². The second kappa shape index (κ2) is 8.31. The van der Waals surface area contributed by atoms with Gasteiger partial charge in [-0.25, -0.2) is 0 Å². The van der Waals surface area contributed by atoms with E-state index in [-0.39, 0.29) is 11.9 Å². The summed E-state index contributed by atoms with van der Waals surface area (Å²) < 4.78 is 5.80. The molecule has 3 rings (SSSR count). The van der Waals surface area contributed by atoms with E-state index in [1.54, 1.807) is 0 Å². The first-order valence-electron chi connectivity index (χ1n) is 8.81. The molecule has 1 unspecified atom stereocenters.